The van der Waals surface area contributed by atoms with Gasteiger partial charge in [-0.05, 0) is 36.2 Å². The summed E-state index contributed by atoms with van der Waals surface area (Å²) in [5.41, 5.74) is 3.12. The van der Waals surface area contributed by atoms with Crippen LogP contribution in [0, 0.1) is 6.92 Å². The van der Waals surface area contributed by atoms with Crippen LogP contribution in [0.5, 0.6) is 5.75 Å². The Balaban J connectivity index is 1.89. The molecule has 3 aromatic rings. The maximum atomic E-state index is 5.98. The van der Waals surface area contributed by atoms with Crippen LogP contribution in [0.25, 0.3) is 0 Å². The van der Waals surface area contributed by atoms with E-state index in [4.69, 9.17) is 25.6 Å². The number of nitrogens with zero attached hydrogens (tertiary/aromatic N) is 3. The summed E-state index contributed by atoms with van der Waals surface area (Å²) in [6, 6.07) is 13.2. The Morgan fingerprint density at radius 3 is 2.80 bits per heavy atom. The summed E-state index contributed by atoms with van der Waals surface area (Å²) in [5, 5.41) is 12.3. The van der Waals surface area contributed by atoms with Crippen molar-refractivity contribution in [1.82, 2.24) is 10.2 Å². The first-order valence-corrected chi connectivity index (χ1v) is 7.91. The highest BCUT2D eigenvalue weighted by Gasteiger charge is 2.17. The van der Waals surface area contributed by atoms with Crippen molar-refractivity contribution in [1.29, 1.82) is 0 Å². The van der Waals surface area contributed by atoms with Crippen molar-refractivity contribution in [2.75, 3.05) is 7.11 Å². The number of aromatic nitrogens is 2. The van der Waals surface area contributed by atoms with Gasteiger partial charge in [0.1, 0.15) is 19.5 Å². The van der Waals surface area contributed by atoms with Crippen LogP contribution < -0.4 is 4.74 Å². The summed E-state index contributed by atoms with van der Waals surface area (Å²) in [4.78, 5) is 4.94. The molecule has 3 rings (SSSR count). The SMILES string of the molecule is CO/N=C(\c1nnco1)c1ccccc1COc1ccc(Cl)cc1C. The summed E-state index contributed by atoms with van der Waals surface area (Å²) in [7, 11) is 1.46. The Bertz CT molecular complexity index is 879. The van der Waals surface area contributed by atoms with Crippen molar-refractivity contribution in [2.24, 2.45) is 5.16 Å². The zero-order valence-corrected chi connectivity index (χ0v) is 14.5. The molecule has 128 valence electrons. The first kappa shape index (κ1) is 17.0. The minimum atomic E-state index is 0.275. The Labute approximate surface area is 150 Å². The summed E-state index contributed by atoms with van der Waals surface area (Å²) in [5.74, 6) is 1.04. The summed E-state index contributed by atoms with van der Waals surface area (Å²) >= 11 is 5.98. The lowest BCUT2D eigenvalue weighted by Crippen LogP contribution is -2.10. The summed E-state index contributed by atoms with van der Waals surface area (Å²) in [6.07, 6.45) is 1.25. The van der Waals surface area contributed by atoms with E-state index in [1.165, 1.54) is 13.5 Å². The Kier molecular flexibility index (Phi) is 5.30. The average molecular weight is 358 g/mol. The number of aryl methyl sites for hydroxylation is 1. The van der Waals surface area contributed by atoms with Crippen LogP contribution in [0.15, 0.2) is 58.4 Å². The normalized spacial score (nSPS) is 11.4. The van der Waals surface area contributed by atoms with Crippen molar-refractivity contribution in [3.05, 3.63) is 76.5 Å². The van der Waals surface area contributed by atoms with Gasteiger partial charge in [0.05, 0.1) is 0 Å². The molecule has 0 atom stereocenters. The molecule has 0 aliphatic rings. The number of benzene rings is 2. The molecule has 0 fully saturated rings. The average Bonchev–Trinajstić information content (AvgIpc) is 3.14. The van der Waals surface area contributed by atoms with Gasteiger partial charge in [-0.1, -0.05) is 41.0 Å². The zero-order valence-electron chi connectivity index (χ0n) is 13.8. The molecule has 25 heavy (non-hydrogen) atoms. The van der Waals surface area contributed by atoms with Gasteiger partial charge in [0.2, 0.25) is 6.39 Å². The molecule has 1 aromatic heterocycles. The fourth-order valence-electron chi connectivity index (χ4n) is 2.38. The van der Waals surface area contributed by atoms with Crippen LogP contribution in [-0.2, 0) is 11.4 Å². The van der Waals surface area contributed by atoms with Crippen LogP contribution in [0.2, 0.25) is 5.02 Å². The first-order chi connectivity index (χ1) is 12.2. The van der Waals surface area contributed by atoms with Crippen LogP contribution >= 0.6 is 11.6 Å². The second-order valence-corrected chi connectivity index (χ2v) is 5.66. The van der Waals surface area contributed by atoms with E-state index in [-0.39, 0.29) is 5.89 Å². The lowest BCUT2D eigenvalue weighted by atomic mass is 10.0. The van der Waals surface area contributed by atoms with E-state index in [9.17, 15) is 0 Å². The summed E-state index contributed by atoms with van der Waals surface area (Å²) in [6.45, 7) is 2.29. The largest absolute Gasteiger partial charge is 0.489 e. The predicted molar refractivity (Wildman–Crippen MR) is 93.9 cm³/mol. The van der Waals surface area contributed by atoms with Gasteiger partial charge < -0.3 is 14.0 Å². The predicted octanol–water partition coefficient (Wildman–Crippen LogP) is 4.01. The molecule has 6 nitrogen and oxygen atoms in total. The molecule has 0 aliphatic carbocycles. The first-order valence-electron chi connectivity index (χ1n) is 7.54. The number of ether oxygens (including phenoxy) is 1. The van der Waals surface area contributed by atoms with Gasteiger partial charge in [0.25, 0.3) is 5.89 Å². The third-order valence-electron chi connectivity index (χ3n) is 3.54. The van der Waals surface area contributed by atoms with Crippen molar-refractivity contribution >= 4 is 17.3 Å². The van der Waals surface area contributed by atoms with Gasteiger partial charge in [-0.3, -0.25) is 0 Å². The second kappa shape index (κ2) is 7.81. The smallest absolute Gasteiger partial charge is 0.270 e. The Morgan fingerprint density at radius 2 is 2.08 bits per heavy atom. The van der Waals surface area contributed by atoms with E-state index in [1.807, 2.05) is 43.3 Å². The van der Waals surface area contributed by atoms with E-state index in [0.717, 1.165) is 22.4 Å². The third-order valence-corrected chi connectivity index (χ3v) is 3.77. The fraction of sp³-hybridized carbons (Fsp3) is 0.167. The molecule has 0 N–H and O–H groups in total. The van der Waals surface area contributed by atoms with Gasteiger partial charge in [0, 0.05) is 10.6 Å². The fourth-order valence-corrected chi connectivity index (χ4v) is 2.61. The molecule has 7 heteroatoms. The lowest BCUT2D eigenvalue weighted by Gasteiger charge is -2.12. The van der Waals surface area contributed by atoms with E-state index < -0.39 is 0 Å². The van der Waals surface area contributed by atoms with Crippen molar-refractivity contribution in [3.8, 4) is 5.75 Å². The van der Waals surface area contributed by atoms with Crippen molar-refractivity contribution < 1.29 is 14.0 Å². The van der Waals surface area contributed by atoms with Crippen molar-refractivity contribution in [2.45, 2.75) is 13.5 Å². The van der Waals surface area contributed by atoms with Gasteiger partial charge in [-0.2, -0.15) is 0 Å². The zero-order chi connectivity index (χ0) is 17.6. The van der Waals surface area contributed by atoms with Crippen LogP contribution in [0.4, 0.5) is 0 Å². The maximum absolute atomic E-state index is 5.98. The van der Waals surface area contributed by atoms with Gasteiger partial charge in [0.15, 0.2) is 5.71 Å². The topological polar surface area (TPSA) is 69.7 Å². The van der Waals surface area contributed by atoms with Crippen LogP contribution in [-0.4, -0.2) is 23.0 Å². The highest BCUT2D eigenvalue weighted by atomic mass is 35.5. The molecular formula is C18H16ClN3O3. The highest BCUT2D eigenvalue weighted by molar-refractivity contribution is 6.30. The molecule has 0 spiro atoms. The molecule has 0 amide bonds. The standard InChI is InChI=1S/C18H16ClN3O3/c1-12-9-14(19)7-8-16(12)24-10-13-5-3-4-6-15(13)17(22-23-2)18-21-20-11-25-18/h3-9,11H,10H2,1-2H3/b22-17-. The van der Waals surface area contributed by atoms with Gasteiger partial charge in [-0.15, -0.1) is 10.2 Å². The van der Waals surface area contributed by atoms with E-state index in [1.54, 1.807) is 6.07 Å². The third kappa shape index (κ3) is 3.97. The van der Waals surface area contributed by atoms with E-state index in [0.29, 0.717) is 17.3 Å². The van der Waals surface area contributed by atoms with Crippen molar-refractivity contribution in [3.63, 3.8) is 0 Å². The second-order valence-electron chi connectivity index (χ2n) is 5.22. The van der Waals surface area contributed by atoms with Crippen LogP contribution in [0.1, 0.15) is 22.6 Å². The molecule has 1 heterocycles. The maximum Gasteiger partial charge on any atom is 0.270 e. The molecule has 0 unspecified atom stereocenters. The number of hydrogen-bond donors (Lipinski definition) is 0. The minimum Gasteiger partial charge on any atom is -0.489 e. The van der Waals surface area contributed by atoms with Crippen LogP contribution in [0.3, 0.4) is 0 Å². The molecular weight excluding hydrogens is 342 g/mol. The molecule has 2 aromatic carbocycles. The number of oxime groups is 1. The summed E-state index contributed by atoms with van der Waals surface area (Å²) < 4.78 is 11.2. The highest BCUT2D eigenvalue weighted by Crippen LogP contribution is 2.24. The van der Waals surface area contributed by atoms with E-state index >= 15 is 0 Å². The number of rotatable bonds is 6. The Morgan fingerprint density at radius 1 is 1.24 bits per heavy atom. The molecule has 0 saturated heterocycles. The van der Waals surface area contributed by atoms with E-state index in [2.05, 4.69) is 15.4 Å². The van der Waals surface area contributed by atoms with Gasteiger partial charge >= 0.3 is 0 Å². The Hall–Kier alpha value is -2.86. The number of hydrogen-bond acceptors (Lipinski definition) is 6. The minimum absolute atomic E-state index is 0.275. The molecule has 0 bridgehead atoms. The number of halogens is 1. The molecule has 0 aliphatic heterocycles. The molecule has 0 radical (unpaired) electrons. The quantitative estimate of drug-likeness (QED) is 0.492. The monoisotopic (exact) mass is 357 g/mol. The van der Waals surface area contributed by atoms with Gasteiger partial charge in [-0.25, -0.2) is 0 Å². The lowest BCUT2D eigenvalue weighted by molar-refractivity contribution is 0.213. The molecule has 0 saturated carbocycles.